The van der Waals surface area contributed by atoms with Gasteiger partial charge in [-0.3, -0.25) is 9.48 Å². The van der Waals surface area contributed by atoms with Crippen LogP contribution < -0.4 is 5.73 Å². The normalized spacial score (nSPS) is 21.4. The fraction of sp³-hybridized carbons (Fsp3) is 0.320. The number of amidine groups is 1. The lowest BCUT2D eigenvalue weighted by atomic mass is 10.0. The van der Waals surface area contributed by atoms with E-state index in [9.17, 15) is 36.2 Å². The van der Waals surface area contributed by atoms with Gasteiger partial charge in [0, 0.05) is 18.0 Å². The summed E-state index contributed by atoms with van der Waals surface area (Å²) in [4.78, 5) is 18.8. The Morgan fingerprint density at radius 1 is 1.10 bits per heavy atom. The zero-order valence-electron chi connectivity index (χ0n) is 20.0. The van der Waals surface area contributed by atoms with E-state index in [1.54, 1.807) is 24.3 Å². The molecule has 2 aliphatic heterocycles. The smallest absolute Gasteiger partial charge is 0.394 e. The number of fused-ring (bicyclic) bond motifs is 1. The quantitative estimate of drug-likeness (QED) is 0.355. The monoisotopic (exact) mass is 569 g/mol. The van der Waals surface area contributed by atoms with Gasteiger partial charge in [-0.15, -0.1) is 0 Å². The Bertz CT molecular complexity index is 1500. The van der Waals surface area contributed by atoms with Crippen LogP contribution in [0.25, 0.3) is 17.0 Å². The third-order valence-electron chi connectivity index (χ3n) is 6.54. The summed E-state index contributed by atoms with van der Waals surface area (Å²) in [5.74, 6) is -0.440. The maximum atomic E-state index is 13.6. The molecule has 1 saturated heterocycles. The van der Waals surface area contributed by atoms with Crippen LogP contribution in [0.3, 0.4) is 0 Å². The molecule has 5 rings (SSSR count). The molecule has 2 unspecified atom stereocenters. The molecule has 3 N–H and O–H groups in total. The van der Waals surface area contributed by atoms with Crippen molar-refractivity contribution in [3.63, 3.8) is 0 Å². The van der Waals surface area contributed by atoms with Gasteiger partial charge in [0.2, 0.25) is 0 Å². The molecule has 0 spiro atoms. The molecule has 1 fully saturated rings. The molecule has 14 heteroatoms. The minimum absolute atomic E-state index is 0.108. The van der Waals surface area contributed by atoms with Crippen molar-refractivity contribution in [3.05, 3.63) is 69.8 Å². The first-order chi connectivity index (χ1) is 18.3. The SMILES string of the molecule is NC1CC(CO)N(C2=NC(=O)C(=Cc3ccc4c(cnn4Cc4ccc(C(F)(F)F)cc4C(F)(F)F)c3)S2)C1. The number of hydrogen-bond donors (Lipinski definition) is 2. The molecule has 7 nitrogen and oxygen atoms in total. The van der Waals surface area contributed by atoms with Crippen LogP contribution in [0.2, 0.25) is 0 Å². The summed E-state index contributed by atoms with van der Waals surface area (Å²) in [5.41, 5.74) is 3.95. The van der Waals surface area contributed by atoms with Gasteiger partial charge in [0.05, 0.1) is 46.9 Å². The van der Waals surface area contributed by atoms with Crippen molar-refractivity contribution in [2.24, 2.45) is 10.7 Å². The number of amides is 1. The first kappa shape index (κ1) is 27.2. The summed E-state index contributed by atoms with van der Waals surface area (Å²) in [6, 6.07) is 6.13. The zero-order valence-corrected chi connectivity index (χ0v) is 20.8. The highest BCUT2D eigenvalue weighted by atomic mass is 32.2. The predicted molar refractivity (Wildman–Crippen MR) is 133 cm³/mol. The third kappa shape index (κ3) is 5.54. The highest BCUT2D eigenvalue weighted by Gasteiger charge is 2.38. The van der Waals surface area contributed by atoms with Crippen molar-refractivity contribution in [1.82, 2.24) is 14.7 Å². The highest BCUT2D eigenvalue weighted by molar-refractivity contribution is 8.18. The van der Waals surface area contributed by atoms with E-state index in [0.717, 1.165) is 17.8 Å². The Kier molecular flexibility index (Phi) is 6.97. The second-order valence-electron chi connectivity index (χ2n) is 9.28. The molecule has 1 aromatic heterocycles. The zero-order chi connectivity index (χ0) is 28.1. The molecule has 39 heavy (non-hydrogen) atoms. The van der Waals surface area contributed by atoms with Crippen molar-refractivity contribution in [2.45, 2.75) is 37.4 Å². The van der Waals surface area contributed by atoms with Crippen LogP contribution in [0.1, 0.15) is 28.7 Å². The Hall–Kier alpha value is -3.36. The van der Waals surface area contributed by atoms with Gasteiger partial charge in [-0.05, 0) is 59.7 Å². The lowest BCUT2D eigenvalue weighted by Gasteiger charge is -2.23. The highest BCUT2D eigenvalue weighted by Crippen LogP contribution is 2.38. The maximum Gasteiger partial charge on any atom is 0.416 e. The van der Waals surface area contributed by atoms with Crippen molar-refractivity contribution in [3.8, 4) is 0 Å². The molecule has 3 heterocycles. The Labute approximate surface area is 222 Å². The minimum Gasteiger partial charge on any atom is -0.394 e. The van der Waals surface area contributed by atoms with Gasteiger partial charge >= 0.3 is 12.4 Å². The van der Waals surface area contributed by atoms with Crippen LogP contribution in [-0.2, 0) is 23.7 Å². The molecule has 3 aromatic rings. The van der Waals surface area contributed by atoms with Crippen LogP contribution in [-0.4, -0.2) is 56.1 Å². The number of rotatable bonds is 4. The summed E-state index contributed by atoms with van der Waals surface area (Å²) in [6.45, 7) is -0.0394. The molecular weight excluding hydrogens is 548 g/mol. The number of likely N-dealkylation sites (tertiary alicyclic amines) is 1. The molecule has 1 amide bonds. The van der Waals surface area contributed by atoms with Gasteiger partial charge in [0.15, 0.2) is 5.17 Å². The number of aliphatic hydroxyl groups excluding tert-OH is 1. The largest absolute Gasteiger partial charge is 0.416 e. The minimum atomic E-state index is -4.98. The number of carbonyl (C=O) groups excluding carboxylic acids is 1. The number of benzene rings is 2. The summed E-state index contributed by atoms with van der Waals surface area (Å²) in [5, 5.41) is 14.8. The van der Waals surface area contributed by atoms with Gasteiger partial charge in [0.1, 0.15) is 0 Å². The van der Waals surface area contributed by atoms with E-state index in [0.29, 0.717) is 45.6 Å². The van der Waals surface area contributed by atoms with E-state index in [1.807, 2.05) is 4.90 Å². The van der Waals surface area contributed by atoms with Gasteiger partial charge in [0.25, 0.3) is 5.91 Å². The lowest BCUT2D eigenvalue weighted by Crippen LogP contribution is -2.36. The summed E-state index contributed by atoms with van der Waals surface area (Å²) < 4.78 is 80.9. The molecular formula is C25H21F6N5O2S. The van der Waals surface area contributed by atoms with Crippen molar-refractivity contribution in [2.75, 3.05) is 13.2 Å². The number of alkyl halides is 6. The van der Waals surface area contributed by atoms with Crippen molar-refractivity contribution >= 4 is 39.8 Å². The van der Waals surface area contributed by atoms with Gasteiger partial charge in [-0.2, -0.15) is 36.4 Å². The van der Waals surface area contributed by atoms with Crippen LogP contribution in [0.4, 0.5) is 26.3 Å². The van der Waals surface area contributed by atoms with Crippen molar-refractivity contribution < 1.29 is 36.2 Å². The number of hydrogen-bond acceptors (Lipinski definition) is 6. The molecule has 206 valence electrons. The van der Waals surface area contributed by atoms with Crippen LogP contribution in [0.5, 0.6) is 0 Å². The number of nitrogens with zero attached hydrogens (tertiary/aromatic N) is 4. The van der Waals surface area contributed by atoms with E-state index in [1.165, 1.54) is 10.9 Å². The molecule has 2 aliphatic rings. The Morgan fingerprint density at radius 2 is 1.87 bits per heavy atom. The summed E-state index contributed by atoms with van der Waals surface area (Å²) in [7, 11) is 0. The predicted octanol–water partition coefficient (Wildman–Crippen LogP) is 4.49. The van der Waals surface area contributed by atoms with E-state index < -0.39 is 35.9 Å². The molecule has 0 bridgehead atoms. The standard InChI is InChI=1S/C25H21F6N5O2S/c26-24(27,28)16-3-2-14(19(7-16)25(29,30)31)10-36-20-4-1-13(5-15(20)9-33-36)6-21-22(38)34-23(39-21)35-11-17(32)8-18(35)12-37/h1-7,9,17-18,37H,8,10-12,32H2. The first-order valence-corrected chi connectivity index (χ1v) is 12.5. The molecule has 2 atom stereocenters. The topological polar surface area (TPSA) is 96.7 Å². The molecule has 2 aromatic carbocycles. The first-order valence-electron chi connectivity index (χ1n) is 11.7. The fourth-order valence-electron chi connectivity index (χ4n) is 4.67. The number of carbonyl (C=O) groups is 1. The number of aromatic nitrogens is 2. The maximum absolute atomic E-state index is 13.6. The average molecular weight is 570 g/mol. The lowest BCUT2D eigenvalue weighted by molar-refractivity contribution is -0.143. The number of thioether (sulfide) groups is 1. The second kappa shape index (κ2) is 9.99. The van der Waals surface area contributed by atoms with Crippen LogP contribution in [0, 0.1) is 0 Å². The third-order valence-corrected chi connectivity index (χ3v) is 7.56. The van der Waals surface area contributed by atoms with Gasteiger partial charge < -0.3 is 15.7 Å². The van der Waals surface area contributed by atoms with Crippen LogP contribution in [0.15, 0.2) is 52.5 Å². The Balaban J connectivity index is 1.38. The number of aliphatic imine (C=N–C) groups is 1. The fourth-order valence-corrected chi connectivity index (χ4v) is 5.66. The number of aliphatic hydroxyl groups is 1. The van der Waals surface area contributed by atoms with Gasteiger partial charge in [-0.1, -0.05) is 12.1 Å². The number of nitrogens with two attached hydrogens (primary N) is 1. The van der Waals surface area contributed by atoms with E-state index in [-0.39, 0.29) is 30.3 Å². The van der Waals surface area contributed by atoms with Crippen molar-refractivity contribution in [1.29, 1.82) is 0 Å². The molecule has 0 aliphatic carbocycles. The molecule has 0 saturated carbocycles. The number of halogens is 6. The Morgan fingerprint density at radius 3 is 2.56 bits per heavy atom. The van der Waals surface area contributed by atoms with E-state index in [2.05, 4.69) is 10.1 Å². The van der Waals surface area contributed by atoms with E-state index in [4.69, 9.17) is 5.73 Å². The van der Waals surface area contributed by atoms with E-state index >= 15 is 0 Å². The molecule has 0 radical (unpaired) electrons. The summed E-state index contributed by atoms with van der Waals surface area (Å²) >= 11 is 1.16. The average Bonchev–Trinajstić information content (AvgIpc) is 3.54. The second-order valence-corrected chi connectivity index (χ2v) is 10.3. The van der Waals surface area contributed by atoms with Crippen LogP contribution >= 0.6 is 11.8 Å². The van der Waals surface area contributed by atoms with Gasteiger partial charge in [-0.25, -0.2) is 0 Å². The summed E-state index contributed by atoms with van der Waals surface area (Å²) in [6.07, 6.45) is -6.25.